The summed E-state index contributed by atoms with van der Waals surface area (Å²) in [5.74, 6) is 0.116. The van der Waals surface area contributed by atoms with Gasteiger partial charge in [-0.25, -0.2) is 4.79 Å². The van der Waals surface area contributed by atoms with Crippen molar-refractivity contribution in [3.63, 3.8) is 0 Å². The van der Waals surface area contributed by atoms with Gasteiger partial charge in [-0.2, -0.15) is 0 Å². The largest absolute Gasteiger partial charge is 0.430 e. The SMILES string of the molecule is CN1CCN(OC(=O)Nc2cccc(C3CN(C)Cc4c(Cl)cc(Cl)cc43)c2)CC1. The van der Waals surface area contributed by atoms with Crippen molar-refractivity contribution in [1.29, 1.82) is 0 Å². The third-order valence-electron chi connectivity index (χ3n) is 5.70. The van der Waals surface area contributed by atoms with Crippen LogP contribution in [-0.4, -0.2) is 67.8 Å². The smallest absolute Gasteiger partial charge is 0.351 e. The monoisotopic (exact) mass is 448 g/mol. The molecule has 2 aromatic rings. The molecule has 2 aliphatic heterocycles. The van der Waals surface area contributed by atoms with Crippen LogP contribution in [0, 0.1) is 0 Å². The topological polar surface area (TPSA) is 48.1 Å². The van der Waals surface area contributed by atoms with Gasteiger partial charge in [-0.3, -0.25) is 5.32 Å². The molecule has 1 unspecified atom stereocenters. The van der Waals surface area contributed by atoms with Gasteiger partial charge in [0.2, 0.25) is 0 Å². The van der Waals surface area contributed by atoms with E-state index >= 15 is 0 Å². The number of benzene rings is 2. The average Bonchev–Trinajstić information content (AvgIpc) is 2.70. The quantitative estimate of drug-likeness (QED) is 0.758. The molecule has 30 heavy (non-hydrogen) atoms. The molecule has 0 spiro atoms. The number of hydrogen-bond acceptors (Lipinski definition) is 5. The first-order valence-corrected chi connectivity index (χ1v) is 10.8. The average molecular weight is 449 g/mol. The number of hydrogen-bond donors (Lipinski definition) is 1. The van der Waals surface area contributed by atoms with E-state index in [-0.39, 0.29) is 5.92 Å². The Hall–Kier alpha value is -1.83. The van der Waals surface area contributed by atoms with Gasteiger partial charge in [0.05, 0.1) is 0 Å². The number of carbonyl (C=O) groups is 1. The number of hydroxylamine groups is 2. The number of piperazine rings is 1. The second-order valence-electron chi connectivity index (χ2n) is 8.07. The molecule has 6 nitrogen and oxygen atoms in total. The highest BCUT2D eigenvalue weighted by Crippen LogP contribution is 2.38. The minimum absolute atomic E-state index is 0.116. The van der Waals surface area contributed by atoms with E-state index in [0.717, 1.165) is 42.9 Å². The van der Waals surface area contributed by atoms with Crippen LogP contribution in [0.2, 0.25) is 10.0 Å². The number of likely N-dealkylation sites (N-methyl/N-ethyl adjacent to an activating group) is 2. The molecule has 1 atom stereocenters. The highest BCUT2D eigenvalue weighted by molar-refractivity contribution is 6.35. The van der Waals surface area contributed by atoms with Crippen LogP contribution in [0.4, 0.5) is 10.5 Å². The van der Waals surface area contributed by atoms with Crippen LogP contribution in [-0.2, 0) is 11.4 Å². The Morgan fingerprint density at radius 2 is 1.83 bits per heavy atom. The first-order chi connectivity index (χ1) is 14.4. The first-order valence-electron chi connectivity index (χ1n) is 10.1. The molecule has 160 valence electrons. The molecule has 1 amide bonds. The molecule has 2 heterocycles. The lowest BCUT2D eigenvalue weighted by Crippen LogP contribution is -2.45. The summed E-state index contributed by atoms with van der Waals surface area (Å²) in [6.07, 6.45) is -0.469. The molecule has 0 aliphatic carbocycles. The number of nitrogens with zero attached hydrogens (tertiary/aromatic N) is 3. The fourth-order valence-corrected chi connectivity index (χ4v) is 4.67. The van der Waals surface area contributed by atoms with E-state index in [0.29, 0.717) is 28.8 Å². The molecule has 2 aliphatic rings. The van der Waals surface area contributed by atoms with Gasteiger partial charge in [0.25, 0.3) is 0 Å². The molecule has 1 N–H and O–H groups in total. The van der Waals surface area contributed by atoms with Gasteiger partial charge < -0.3 is 14.6 Å². The second kappa shape index (κ2) is 9.12. The third kappa shape index (κ3) is 4.90. The van der Waals surface area contributed by atoms with Crippen molar-refractivity contribution in [2.24, 2.45) is 0 Å². The van der Waals surface area contributed by atoms with Crippen molar-refractivity contribution in [2.75, 3.05) is 52.1 Å². The molecular formula is C22H26Cl2N4O2. The van der Waals surface area contributed by atoms with E-state index in [4.69, 9.17) is 28.0 Å². The van der Waals surface area contributed by atoms with Crippen molar-refractivity contribution in [3.8, 4) is 0 Å². The van der Waals surface area contributed by atoms with Gasteiger partial charge in [0.15, 0.2) is 0 Å². The lowest BCUT2D eigenvalue weighted by molar-refractivity contribution is -0.115. The van der Waals surface area contributed by atoms with E-state index in [1.165, 1.54) is 0 Å². The van der Waals surface area contributed by atoms with E-state index in [9.17, 15) is 4.79 Å². The molecule has 0 saturated carbocycles. The zero-order valence-corrected chi connectivity index (χ0v) is 18.7. The van der Waals surface area contributed by atoms with Crippen LogP contribution in [0.3, 0.4) is 0 Å². The molecule has 0 radical (unpaired) electrons. The molecular weight excluding hydrogens is 423 g/mol. The van der Waals surface area contributed by atoms with E-state index in [1.54, 1.807) is 11.1 Å². The summed E-state index contributed by atoms with van der Waals surface area (Å²) in [5.41, 5.74) is 4.04. The normalized spacial score (nSPS) is 20.6. The van der Waals surface area contributed by atoms with Crippen LogP contribution < -0.4 is 5.32 Å². The lowest BCUT2D eigenvalue weighted by atomic mass is 9.84. The lowest BCUT2D eigenvalue weighted by Gasteiger charge is -2.33. The highest BCUT2D eigenvalue weighted by Gasteiger charge is 2.27. The Bertz CT molecular complexity index is 931. The summed E-state index contributed by atoms with van der Waals surface area (Å²) >= 11 is 12.8. The molecule has 8 heteroatoms. The number of anilines is 1. The molecule has 0 bridgehead atoms. The Labute approximate surface area is 187 Å². The molecule has 1 saturated heterocycles. The van der Waals surface area contributed by atoms with Crippen LogP contribution in [0.15, 0.2) is 36.4 Å². The molecule has 4 rings (SSSR count). The third-order valence-corrected chi connectivity index (χ3v) is 6.26. The van der Waals surface area contributed by atoms with E-state index in [1.807, 2.05) is 24.3 Å². The van der Waals surface area contributed by atoms with Gasteiger partial charge in [0.1, 0.15) is 0 Å². The summed E-state index contributed by atoms with van der Waals surface area (Å²) in [6.45, 7) is 4.80. The summed E-state index contributed by atoms with van der Waals surface area (Å²) in [6, 6.07) is 11.7. The predicted octanol–water partition coefficient (Wildman–Crippen LogP) is 4.28. The summed E-state index contributed by atoms with van der Waals surface area (Å²) in [4.78, 5) is 22.3. The second-order valence-corrected chi connectivity index (χ2v) is 8.91. The highest BCUT2D eigenvalue weighted by atomic mass is 35.5. The molecule has 0 aromatic heterocycles. The van der Waals surface area contributed by atoms with Crippen LogP contribution in [0.25, 0.3) is 0 Å². The van der Waals surface area contributed by atoms with Crippen molar-refractivity contribution in [2.45, 2.75) is 12.5 Å². The van der Waals surface area contributed by atoms with Crippen LogP contribution in [0.1, 0.15) is 22.6 Å². The Kier molecular flexibility index (Phi) is 6.51. The van der Waals surface area contributed by atoms with Gasteiger partial charge in [-0.15, -0.1) is 5.06 Å². The fourth-order valence-electron chi connectivity index (χ4n) is 4.10. The van der Waals surface area contributed by atoms with Crippen LogP contribution >= 0.6 is 23.2 Å². The Morgan fingerprint density at radius 1 is 1.07 bits per heavy atom. The van der Waals surface area contributed by atoms with Crippen molar-refractivity contribution in [3.05, 3.63) is 63.1 Å². The summed E-state index contributed by atoms with van der Waals surface area (Å²) < 4.78 is 0. The maximum Gasteiger partial charge on any atom is 0.430 e. The van der Waals surface area contributed by atoms with Crippen molar-refractivity contribution < 1.29 is 9.63 Å². The molecule has 1 fully saturated rings. The standard InChI is InChI=1S/C22H26Cl2N4O2/c1-26-6-8-28(9-7-26)30-22(29)25-17-5-3-4-15(10-17)19-13-27(2)14-20-18(19)11-16(23)12-21(20)24/h3-5,10-12,19H,6-9,13-14H2,1-2H3,(H,25,29). The Balaban J connectivity index is 1.51. The fraction of sp³-hybridized carbons (Fsp3) is 0.409. The van der Waals surface area contributed by atoms with E-state index in [2.05, 4.69) is 35.3 Å². The number of halogens is 2. The number of rotatable bonds is 3. The zero-order valence-electron chi connectivity index (χ0n) is 17.2. The van der Waals surface area contributed by atoms with Gasteiger partial charge in [-0.05, 0) is 55.1 Å². The van der Waals surface area contributed by atoms with Gasteiger partial charge in [-0.1, -0.05) is 35.3 Å². The zero-order chi connectivity index (χ0) is 21.3. The van der Waals surface area contributed by atoms with Crippen molar-refractivity contribution >= 4 is 35.0 Å². The minimum atomic E-state index is -0.469. The van der Waals surface area contributed by atoms with Gasteiger partial charge in [0, 0.05) is 60.9 Å². The Morgan fingerprint density at radius 3 is 2.60 bits per heavy atom. The van der Waals surface area contributed by atoms with Crippen LogP contribution in [0.5, 0.6) is 0 Å². The minimum Gasteiger partial charge on any atom is -0.351 e. The summed E-state index contributed by atoms with van der Waals surface area (Å²) in [5, 5.41) is 5.89. The number of amides is 1. The van der Waals surface area contributed by atoms with E-state index < -0.39 is 6.09 Å². The number of carbonyl (C=O) groups excluding carboxylic acids is 1. The maximum atomic E-state index is 12.4. The number of fused-ring (bicyclic) bond motifs is 1. The summed E-state index contributed by atoms with van der Waals surface area (Å²) in [7, 11) is 4.14. The maximum absolute atomic E-state index is 12.4. The number of nitrogens with one attached hydrogen (secondary N) is 1. The van der Waals surface area contributed by atoms with Crippen molar-refractivity contribution in [1.82, 2.24) is 14.9 Å². The van der Waals surface area contributed by atoms with Gasteiger partial charge >= 0.3 is 6.09 Å². The predicted molar refractivity (Wildman–Crippen MR) is 120 cm³/mol. The molecule has 2 aromatic carbocycles. The first kappa shape index (κ1) is 21.4.